The smallest absolute Gasteiger partial charge is 0.305 e. The van der Waals surface area contributed by atoms with E-state index < -0.39 is 24.5 Å². The lowest BCUT2D eigenvalue weighted by molar-refractivity contribution is -0.140. The van der Waals surface area contributed by atoms with E-state index in [1.165, 1.54) is 24.3 Å². The van der Waals surface area contributed by atoms with Gasteiger partial charge in [0.1, 0.15) is 30.2 Å². The lowest BCUT2D eigenvalue weighted by atomic mass is 10.1. The molecule has 0 spiro atoms. The van der Waals surface area contributed by atoms with E-state index in [1.807, 2.05) is 0 Å². The fourth-order valence-electron chi connectivity index (χ4n) is 2.66. The fourth-order valence-corrected chi connectivity index (χ4v) is 2.66. The van der Waals surface area contributed by atoms with Crippen LogP contribution in [-0.4, -0.2) is 61.1 Å². The number of anilines is 1. The molecule has 0 unspecified atom stereocenters. The van der Waals surface area contributed by atoms with Gasteiger partial charge in [-0.3, -0.25) is 9.36 Å². The van der Waals surface area contributed by atoms with Crippen molar-refractivity contribution in [3.8, 4) is 0 Å². The lowest BCUT2D eigenvalue weighted by Crippen LogP contribution is -2.30. The number of aliphatic hydroxyl groups excluding tert-OH is 2. The van der Waals surface area contributed by atoms with Crippen LogP contribution in [0.4, 0.5) is 5.82 Å². The number of aromatic nitrogens is 4. The van der Waals surface area contributed by atoms with Gasteiger partial charge in [0, 0.05) is 6.42 Å². The fraction of sp³-hybridized carbons (Fsp3) is 0.467. The number of allylic oxidation sites excluding steroid dienone is 1. The summed E-state index contributed by atoms with van der Waals surface area (Å²) >= 11 is 0. The third-order valence-corrected chi connectivity index (χ3v) is 4.01. The molecule has 4 atom stereocenters. The van der Waals surface area contributed by atoms with Gasteiger partial charge in [0.05, 0.1) is 13.4 Å². The molecule has 0 aromatic carbocycles. The van der Waals surface area contributed by atoms with E-state index >= 15 is 0 Å². The Labute approximate surface area is 142 Å². The summed E-state index contributed by atoms with van der Waals surface area (Å²) in [4.78, 5) is 23.2. The summed E-state index contributed by atoms with van der Waals surface area (Å²) in [6, 6.07) is 0. The van der Waals surface area contributed by atoms with Crippen LogP contribution in [-0.2, 0) is 14.3 Å². The predicted octanol–water partition coefficient (Wildman–Crippen LogP) is -0.463. The zero-order chi connectivity index (χ0) is 18.0. The first-order valence-electron chi connectivity index (χ1n) is 7.71. The number of esters is 1. The Bertz CT molecular complexity index is 792. The summed E-state index contributed by atoms with van der Waals surface area (Å²) < 4.78 is 11.8. The largest absolute Gasteiger partial charge is 0.469 e. The highest BCUT2D eigenvalue weighted by Gasteiger charge is 2.43. The van der Waals surface area contributed by atoms with Crippen LogP contribution in [0.3, 0.4) is 0 Å². The van der Waals surface area contributed by atoms with Gasteiger partial charge < -0.3 is 25.4 Å². The summed E-state index contributed by atoms with van der Waals surface area (Å²) in [5, 5.41) is 20.5. The zero-order valence-corrected chi connectivity index (χ0v) is 13.5. The average Bonchev–Trinajstić information content (AvgIpc) is 3.15. The van der Waals surface area contributed by atoms with E-state index in [9.17, 15) is 15.0 Å². The molecule has 0 saturated carbocycles. The first-order valence-corrected chi connectivity index (χ1v) is 7.71. The molecule has 1 saturated heterocycles. The minimum atomic E-state index is -1.18. The number of nitrogens with zero attached hydrogens (tertiary/aromatic N) is 4. The summed E-state index contributed by atoms with van der Waals surface area (Å²) in [5.41, 5.74) is 6.54. The quantitative estimate of drug-likeness (QED) is 0.482. The number of carbonyl (C=O) groups is 1. The molecule has 1 aliphatic heterocycles. The van der Waals surface area contributed by atoms with Gasteiger partial charge in [-0.25, -0.2) is 15.0 Å². The number of imidazole rings is 1. The second kappa shape index (κ2) is 7.13. The van der Waals surface area contributed by atoms with Crippen molar-refractivity contribution < 1.29 is 24.5 Å². The average molecular weight is 349 g/mol. The molecule has 0 bridgehead atoms. The van der Waals surface area contributed by atoms with Gasteiger partial charge >= 0.3 is 5.97 Å². The molecule has 3 heterocycles. The first-order chi connectivity index (χ1) is 12.0. The molecule has 134 valence electrons. The van der Waals surface area contributed by atoms with Crippen molar-refractivity contribution in [1.82, 2.24) is 19.5 Å². The Morgan fingerprint density at radius 1 is 1.40 bits per heavy atom. The SMILES string of the molecule is COC(=O)CC/C=C\[C@H]1O[C@@H](n2cnc3c(N)ncnc32)[C@H](O)[C@@H]1O. The molecule has 2 aromatic heterocycles. The number of hydrogen-bond acceptors (Lipinski definition) is 9. The highest BCUT2D eigenvalue weighted by molar-refractivity contribution is 5.81. The minimum absolute atomic E-state index is 0.219. The topological polar surface area (TPSA) is 146 Å². The van der Waals surface area contributed by atoms with Crippen molar-refractivity contribution in [3.63, 3.8) is 0 Å². The first kappa shape index (κ1) is 17.3. The van der Waals surface area contributed by atoms with Gasteiger partial charge in [0.15, 0.2) is 17.7 Å². The number of hydrogen-bond donors (Lipinski definition) is 3. The Kier molecular flexibility index (Phi) is 4.93. The van der Waals surface area contributed by atoms with Crippen LogP contribution in [0.2, 0.25) is 0 Å². The third-order valence-electron chi connectivity index (χ3n) is 4.01. The molecule has 4 N–H and O–H groups in total. The highest BCUT2D eigenvalue weighted by atomic mass is 16.6. The maximum Gasteiger partial charge on any atom is 0.305 e. The Hall–Kier alpha value is -2.56. The molecule has 0 amide bonds. The number of nitrogens with two attached hydrogens (primary N) is 1. The van der Waals surface area contributed by atoms with E-state index in [0.29, 0.717) is 17.6 Å². The molecule has 0 aliphatic carbocycles. The van der Waals surface area contributed by atoms with E-state index in [0.717, 1.165) is 0 Å². The number of aliphatic hydroxyl groups is 2. The summed E-state index contributed by atoms with van der Waals surface area (Å²) in [5.74, 6) is -0.103. The molecule has 0 radical (unpaired) electrons. The summed E-state index contributed by atoms with van der Waals surface area (Å²) in [7, 11) is 1.32. The molecule has 1 fully saturated rings. The van der Waals surface area contributed by atoms with Crippen LogP contribution in [0.1, 0.15) is 19.1 Å². The maximum absolute atomic E-state index is 11.1. The van der Waals surface area contributed by atoms with Crippen LogP contribution in [0.5, 0.6) is 0 Å². The van der Waals surface area contributed by atoms with Gasteiger partial charge in [-0.15, -0.1) is 0 Å². The third kappa shape index (κ3) is 3.31. The maximum atomic E-state index is 11.1. The van der Waals surface area contributed by atoms with E-state index in [2.05, 4.69) is 19.7 Å². The molecule has 1 aliphatic rings. The molecule has 10 nitrogen and oxygen atoms in total. The number of nitrogen functional groups attached to an aromatic ring is 1. The number of fused-ring (bicyclic) bond motifs is 1. The second-order valence-electron chi connectivity index (χ2n) is 5.60. The van der Waals surface area contributed by atoms with Crippen molar-refractivity contribution >= 4 is 23.0 Å². The Balaban J connectivity index is 1.74. The van der Waals surface area contributed by atoms with Gasteiger partial charge in [-0.05, 0) is 6.42 Å². The van der Waals surface area contributed by atoms with Crippen molar-refractivity contribution in [2.45, 2.75) is 37.4 Å². The van der Waals surface area contributed by atoms with Crippen LogP contribution < -0.4 is 5.73 Å². The van der Waals surface area contributed by atoms with Crippen molar-refractivity contribution in [2.75, 3.05) is 12.8 Å². The normalized spacial score (nSPS) is 26.5. The van der Waals surface area contributed by atoms with Crippen molar-refractivity contribution in [3.05, 3.63) is 24.8 Å². The molecule has 3 rings (SSSR count). The number of carbonyl (C=O) groups excluding carboxylic acids is 1. The van der Waals surface area contributed by atoms with Gasteiger partial charge in [0.25, 0.3) is 0 Å². The number of rotatable bonds is 5. The molecular formula is C15H19N5O5. The lowest BCUT2D eigenvalue weighted by Gasteiger charge is -2.16. The second-order valence-corrected chi connectivity index (χ2v) is 5.60. The van der Waals surface area contributed by atoms with Gasteiger partial charge in [-0.2, -0.15) is 0 Å². The Morgan fingerprint density at radius 2 is 2.20 bits per heavy atom. The van der Waals surface area contributed by atoms with Crippen molar-refractivity contribution in [2.24, 2.45) is 0 Å². The monoisotopic (exact) mass is 349 g/mol. The minimum Gasteiger partial charge on any atom is -0.469 e. The van der Waals surface area contributed by atoms with Crippen molar-refractivity contribution in [1.29, 1.82) is 0 Å². The standard InChI is InChI=1S/C15H19N5O5/c1-24-9(21)5-3-2-4-8-11(22)12(23)15(25-8)20-7-19-10-13(16)17-6-18-14(10)20/h2,4,6-8,11-12,15,22-23H,3,5H2,1H3,(H2,16,17,18)/b4-2-/t8-,11-,12-,15-/m1/s1. The van der Waals surface area contributed by atoms with E-state index in [4.69, 9.17) is 10.5 Å². The number of methoxy groups -OCH3 is 1. The van der Waals surface area contributed by atoms with Crippen LogP contribution in [0, 0.1) is 0 Å². The van der Waals surface area contributed by atoms with Gasteiger partial charge in [0.2, 0.25) is 0 Å². The highest BCUT2D eigenvalue weighted by Crippen LogP contribution is 2.32. The van der Waals surface area contributed by atoms with Gasteiger partial charge in [-0.1, -0.05) is 12.2 Å². The molecular weight excluding hydrogens is 330 g/mol. The Morgan fingerprint density at radius 3 is 2.96 bits per heavy atom. The number of ether oxygens (including phenoxy) is 2. The predicted molar refractivity (Wildman–Crippen MR) is 86.0 cm³/mol. The molecule has 2 aromatic rings. The molecule has 25 heavy (non-hydrogen) atoms. The van der Waals surface area contributed by atoms with Crippen LogP contribution in [0.15, 0.2) is 24.8 Å². The summed E-state index contributed by atoms with van der Waals surface area (Å²) in [6.45, 7) is 0. The van der Waals surface area contributed by atoms with E-state index in [1.54, 1.807) is 12.2 Å². The zero-order valence-electron chi connectivity index (χ0n) is 13.5. The molecule has 10 heteroatoms. The van der Waals surface area contributed by atoms with Crippen LogP contribution in [0.25, 0.3) is 11.2 Å². The van der Waals surface area contributed by atoms with E-state index in [-0.39, 0.29) is 18.2 Å². The summed E-state index contributed by atoms with van der Waals surface area (Å²) in [6.07, 6.45) is 2.80. The van der Waals surface area contributed by atoms with Crippen LogP contribution >= 0.6 is 0 Å².